The predicted molar refractivity (Wildman–Crippen MR) is 90.5 cm³/mol. The summed E-state index contributed by atoms with van der Waals surface area (Å²) in [5, 5.41) is 2.27. The van der Waals surface area contributed by atoms with Crippen molar-refractivity contribution < 1.29 is 8.42 Å². The molecule has 21 heavy (non-hydrogen) atoms. The molecule has 1 N–H and O–H groups in total. The number of aromatic nitrogens is 1. The lowest BCUT2D eigenvalue weighted by Crippen LogP contribution is -2.15. The van der Waals surface area contributed by atoms with Gasteiger partial charge in [-0.25, -0.2) is 13.4 Å². The number of nitrogens with one attached hydrogen (secondary N) is 1. The third-order valence-electron chi connectivity index (χ3n) is 2.93. The van der Waals surface area contributed by atoms with Crippen molar-refractivity contribution >= 4 is 42.4 Å². The van der Waals surface area contributed by atoms with E-state index in [1.807, 2.05) is 32.2 Å². The fourth-order valence-corrected chi connectivity index (χ4v) is 4.67. The predicted octanol–water partition coefficient (Wildman–Crippen LogP) is 4.31. The number of benzene rings is 1. The number of halogens is 1. The molecule has 0 aliphatic rings. The molecule has 7 heteroatoms. The van der Waals surface area contributed by atoms with E-state index in [-0.39, 0.29) is 10.3 Å². The summed E-state index contributed by atoms with van der Waals surface area (Å²) in [7, 11) is -3.63. The van der Waals surface area contributed by atoms with Crippen LogP contribution in [0.15, 0.2) is 32.9 Å². The summed E-state index contributed by atoms with van der Waals surface area (Å²) in [5.74, 6) is 0. The SMILES string of the molecule is Cc1ccc(Br)cc1S(=O)(=O)Nc1nc(C(C)(C)C)cs1. The van der Waals surface area contributed by atoms with Crippen LogP contribution in [-0.4, -0.2) is 13.4 Å². The third kappa shape index (κ3) is 3.84. The summed E-state index contributed by atoms with van der Waals surface area (Å²) in [4.78, 5) is 4.61. The average molecular weight is 389 g/mol. The van der Waals surface area contributed by atoms with Crippen LogP contribution in [0.4, 0.5) is 5.13 Å². The third-order valence-corrected chi connectivity index (χ3v) is 5.80. The van der Waals surface area contributed by atoms with Gasteiger partial charge in [0.15, 0.2) is 5.13 Å². The van der Waals surface area contributed by atoms with Crippen LogP contribution in [0.1, 0.15) is 32.0 Å². The zero-order valence-electron chi connectivity index (χ0n) is 12.3. The molecule has 114 valence electrons. The number of sulfonamides is 1. The van der Waals surface area contributed by atoms with Gasteiger partial charge < -0.3 is 0 Å². The van der Waals surface area contributed by atoms with Gasteiger partial charge in [-0.05, 0) is 24.6 Å². The van der Waals surface area contributed by atoms with E-state index in [9.17, 15) is 8.42 Å². The van der Waals surface area contributed by atoms with E-state index in [1.165, 1.54) is 11.3 Å². The van der Waals surface area contributed by atoms with Gasteiger partial charge >= 0.3 is 0 Å². The fourth-order valence-electron chi connectivity index (χ4n) is 1.70. The second-order valence-electron chi connectivity index (χ2n) is 5.80. The number of hydrogen-bond donors (Lipinski definition) is 1. The zero-order valence-corrected chi connectivity index (χ0v) is 15.5. The quantitative estimate of drug-likeness (QED) is 0.851. The normalized spacial score (nSPS) is 12.4. The molecular weight excluding hydrogens is 372 g/mol. The molecule has 0 aliphatic heterocycles. The molecule has 0 atom stereocenters. The van der Waals surface area contributed by atoms with Crippen LogP contribution in [0.3, 0.4) is 0 Å². The van der Waals surface area contributed by atoms with Crippen molar-refractivity contribution in [2.75, 3.05) is 4.72 Å². The molecule has 0 amide bonds. The number of anilines is 1. The van der Waals surface area contributed by atoms with Crippen LogP contribution >= 0.6 is 27.3 Å². The molecule has 1 aromatic carbocycles. The van der Waals surface area contributed by atoms with Gasteiger partial charge in [0.1, 0.15) is 0 Å². The minimum absolute atomic E-state index is 0.105. The van der Waals surface area contributed by atoms with Gasteiger partial charge in [0, 0.05) is 15.3 Å². The van der Waals surface area contributed by atoms with Crippen LogP contribution in [0, 0.1) is 6.92 Å². The van der Waals surface area contributed by atoms with E-state index >= 15 is 0 Å². The minimum Gasteiger partial charge on any atom is -0.255 e. The van der Waals surface area contributed by atoms with E-state index in [2.05, 4.69) is 25.6 Å². The maximum absolute atomic E-state index is 12.5. The topological polar surface area (TPSA) is 59.1 Å². The first-order valence-electron chi connectivity index (χ1n) is 6.34. The maximum Gasteiger partial charge on any atom is 0.263 e. The monoisotopic (exact) mass is 388 g/mol. The standard InChI is InChI=1S/C14H17BrN2O2S2/c1-9-5-6-10(15)7-11(9)21(18,19)17-13-16-12(8-20-13)14(2,3)4/h5-8H,1-4H3,(H,16,17). The van der Waals surface area contributed by atoms with E-state index in [0.717, 1.165) is 10.2 Å². The van der Waals surface area contributed by atoms with Crippen LogP contribution in [0.2, 0.25) is 0 Å². The summed E-state index contributed by atoms with van der Waals surface area (Å²) in [6.45, 7) is 7.89. The number of nitrogens with zero attached hydrogens (tertiary/aromatic N) is 1. The van der Waals surface area contributed by atoms with Crippen LogP contribution < -0.4 is 4.72 Å². The molecule has 0 spiro atoms. The zero-order chi connectivity index (χ0) is 15.8. The lowest BCUT2D eigenvalue weighted by Gasteiger charge is -2.14. The van der Waals surface area contributed by atoms with Crippen molar-refractivity contribution in [2.45, 2.75) is 38.0 Å². The van der Waals surface area contributed by atoms with E-state index < -0.39 is 10.0 Å². The Morgan fingerprint density at radius 3 is 2.52 bits per heavy atom. The van der Waals surface area contributed by atoms with Crippen LogP contribution in [0.5, 0.6) is 0 Å². The van der Waals surface area contributed by atoms with Gasteiger partial charge in [-0.15, -0.1) is 11.3 Å². The number of thiazole rings is 1. The lowest BCUT2D eigenvalue weighted by atomic mass is 9.93. The molecule has 2 aromatic rings. The van der Waals surface area contributed by atoms with Gasteiger partial charge in [0.25, 0.3) is 10.0 Å². The molecule has 1 aromatic heterocycles. The first-order chi connectivity index (χ1) is 9.59. The fraction of sp³-hybridized carbons (Fsp3) is 0.357. The Kier molecular flexibility index (Phi) is 4.46. The molecule has 2 rings (SSSR count). The van der Waals surface area contributed by atoms with Gasteiger partial charge in [0.2, 0.25) is 0 Å². The molecule has 0 saturated carbocycles. The molecule has 0 saturated heterocycles. The molecule has 4 nitrogen and oxygen atoms in total. The molecule has 0 fully saturated rings. The average Bonchev–Trinajstić information content (AvgIpc) is 2.79. The summed E-state index contributed by atoms with van der Waals surface area (Å²) in [6.07, 6.45) is 0. The highest BCUT2D eigenvalue weighted by Gasteiger charge is 2.22. The Labute approximate surface area is 137 Å². The lowest BCUT2D eigenvalue weighted by molar-refractivity contribution is 0.573. The first-order valence-corrected chi connectivity index (χ1v) is 9.50. The van der Waals surface area contributed by atoms with Crippen LogP contribution in [0.25, 0.3) is 0 Å². The Morgan fingerprint density at radius 1 is 1.29 bits per heavy atom. The minimum atomic E-state index is -3.63. The second kappa shape index (κ2) is 5.70. The largest absolute Gasteiger partial charge is 0.263 e. The summed E-state index contributed by atoms with van der Waals surface area (Å²) >= 11 is 4.59. The van der Waals surface area contributed by atoms with Crippen molar-refractivity contribution in [3.8, 4) is 0 Å². The number of rotatable bonds is 3. The van der Waals surface area contributed by atoms with Crippen molar-refractivity contribution in [3.63, 3.8) is 0 Å². The van der Waals surface area contributed by atoms with E-state index in [4.69, 9.17) is 0 Å². The first kappa shape index (κ1) is 16.5. The van der Waals surface area contributed by atoms with Crippen molar-refractivity contribution in [3.05, 3.63) is 39.3 Å². The smallest absolute Gasteiger partial charge is 0.255 e. The van der Waals surface area contributed by atoms with Gasteiger partial charge in [-0.1, -0.05) is 42.8 Å². The molecule has 0 bridgehead atoms. The van der Waals surface area contributed by atoms with E-state index in [1.54, 1.807) is 19.1 Å². The number of aryl methyl sites for hydroxylation is 1. The Bertz CT molecular complexity index is 762. The van der Waals surface area contributed by atoms with Gasteiger partial charge in [-0.3, -0.25) is 4.72 Å². The molecule has 1 heterocycles. The van der Waals surface area contributed by atoms with Gasteiger partial charge in [-0.2, -0.15) is 0 Å². The Hall–Kier alpha value is -0.920. The molecule has 0 unspecified atom stereocenters. The van der Waals surface area contributed by atoms with E-state index in [0.29, 0.717) is 10.7 Å². The van der Waals surface area contributed by atoms with Crippen molar-refractivity contribution in [2.24, 2.45) is 0 Å². The highest BCUT2D eigenvalue weighted by Crippen LogP contribution is 2.28. The molecule has 0 aliphatic carbocycles. The summed E-state index contributed by atoms with van der Waals surface area (Å²) < 4.78 is 28.2. The Morgan fingerprint density at radius 2 is 1.95 bits per heavy atom. The Balaban J connectivity index is 2.34. The van der Waals surface area contributed by atoms with Crippen molar-refractivity contribution in [1.82, 2.24) is 4.98 Å². The highest BCUT2D eigenvalue weighted by molar-refractivity contribution is 9.10. The molecular formula is C14H17BrN2O2S2. The molecule has 0 radical (unpaired) electrons. The number of hydrogen-bond acceptors (Lipinski definition) is 4. The second-order valence-corrected chi connectivity index (χ2v) is 9.23. The van der Waals surface area contributed by atoms with Crippen molar-refractivity contribution in [1.29, 1.82) is 0 Å². The van der Waals surface area contributed by atoms with Gasteiger partial charge in [0.05, 0.1) is 10.6 Å². The summed E-state index contributed by atoms with van der Waals surface area (Å²) in [5.41, 5.74) is 1.46. The highest BCUT2D eigenvalue weighted by atomic mass is 79.9. The van der Waals surface area contributed by atoms with Crippen LogP contribution in [-0.2, 0) is 15.4 Å². The maximum atomic E-state index is 12.5. The summed E-state index contributed by atoms with van der Waals surface area (Å²) in [6, 6.07) is 5.17.